The maximum absolute atomic E-state index is 12.4. The monoisotopic (exact) mass is 487 g/mol. The molecule has 1 aliphatic heterocycles. The van der Waals surface area contributed by atoms with Crippen LogP contribution in [0.25, 0.3) is 0 Å². The Balaban J connectivity index is 1.74. The molecule has 1 heterocycles. The fourth-order valence-corrected chi connectivity index (χ4v) is 4.54. The molecule has 1 fully saturated rings. The van der Waals surface area contributed by atoms with Crippen LogP contribution in [0.2, 0.25) is 10.0 Å². The number of aliphatic carboxylic acids is 1. The van der Waals surface area contributed by atoms with E-state index in [4.69, 9.17) is 27.9 Å². The van der Waals surface area contributed by atoms with Gasteiger partial charge in [0.25, 0.3) is 5.91 Å². The number of ether oxygens (including phenoxy) is 1. The largest absolute Gasteiger partial charge is 0.480 e. The number of hydrogen-bond donors (Lipinski definition) is 3. The number of carboxylic acids is 1. The van der Waals surface area contributed by atoms with E-state index in [2.05, 4.69) is 5.32 Å². The minimum atomic E-state index is -4.21. The highest BCUT2D eigenvalue weighted by atomic mass is 35.5. The molecule has 0 aromatic heterocycles. The van der Waals surface area contributed by atoms with E-state index in [1.54, 1.807) is 12.1 Å². The van der Waals surface area contributed by atoms with Crippen LogP contribution in [0.4, 0.5) is 0 Å². The maximum atomic E-state index is 12.4. The average molecular weight is 488 g/mol. The van der Waals surface area contributed by atoms with E-state index in [0.29, 0.717) is 5.56 Å². The average Bonchev–Trinajstić information content (AvgIpc) is 2.93. The first-order valence-electron chi connectivity index (χ1n) is 9.06. The van der Waals surface area contributed by atoms with Crippen molar-refractivity contribution in [2.24, 2.45) is 0 Å². The van der Waals surface area contributed by atoms with Crippen LogP contribution < -0.4 is 10.0 Å². The Labute approximate surface area is 189 Å². The van der Waals surface area contributed by atoms with Crippen molar-refractivity contribution in [3.05, 3.63) is 69.7 Å². The fraction of sp³-hybridized carbons (Fsp3) is 0.263. The Morgan fingerprint density at radius 3 is 2.58 bits per heavy atom. The molecule has 166 valence electrons. The SMILES string of the molecule is O=C(O)[C@H](COCc1ccccc1)N[C@H]1C(=O)NS(=O)(=O)N1Cc1cccc(Cl)c1Cl. The van der Waals surface area contributed by atoms with Crippen LogP contribution in [0.1, 0.15) is 11.1 Å². The van der Waals surface area contributed by atoms with Gasteiger partial charge in [-0.05, 0) is 17.2 Å². The Bertz CT molecular complexity index is 1070. The van der Waals surface area contributed by atoms with E-state index < -0.39 is 34.3 Å². The summed E-state index contributed by atoms with van der Waals surface area (Å²) in [4.78, 5) is 24.0. The molecule has 1 aliphatic rings. The number of halogens is 2. The van der Waals surface area contributed by atoms with Crippen LogP contribution in [0, 0.1) is 0 Å². The van der Waals surface area contributed by atoms with Crippen molar-refractivity contribution in [3.63, 3.8) is 0 Å². The molecule has 0 aliphatic carbocycles. The highest BCUT2D eigenvalue weighted by molar-refractivity contribution is 7.88. The van der Waals surface area contributed by atoms with Crippen molar-refractivity contribution < 1.29 is 27.9 Å². The number of carbonyl (C=O) groups is 2. The van der Waals surface area contributed by atoms with Gasteiger partial charge in [-0.15, -0.1) is 0 Å². The predicted octanol–water partition coefficient (Wildman–Crippen LogP) is 1.76. The molecule has 1 saturated heterocycles. The Kier molecular flexibility index (Phi) is 7.52. The van der Waals surface area contributed by atoms with Gasteiger partial charge in [-0.25, -0.2) is 4.72 Å². The molecule has 3 N–H and O–H groups in total. The van der Waals surface area contributed by atoms with Crippen LogP contribution in [-0.2, 0) is 37.7 Å². The maximum Gasteiger partial charge on any atom is 0.323 e. The number of nitrogens with one attached hydrogen (secondary N) is 2. The molecule has 1 amide bonds. The van der Waals surface area contributed by atoms with Crippen molar-refractivity contribution in [1.82, 2.24) is 14.3 Å². The molecule has 0 spiro atoms. The Morgan fingerprint density at radius 1 is 1.19 bits per heavy atom. The van der Waals surface area contributed by atoms with E-state index in [-0.39, 0.29) is 29.8 Å². The summed E-state index contributed by atoms with van der Waals surface area (Å²) >= 11 is 12.1. The highest BCUT2D eigenvalue weighted by Crippen LogP contribution is 2.28. The van der Waals surface area contributed by atoms with Crippen LogP contribution in [-0.4, -0.2) is 48.5 Å². The number of rotatable bonds is 9. The molecule has 0 radical (unpaired) electrons. The molecule has 3 rings (SSSR count). The van der Waals surface area contributed by atoms with Gasteiger partial charge >= 0.3 is 16.2 Å². The topological polar surface area (TPSA) is 125 Å². The zero-order valence-corrected chi connectivity index (χ0v) is 18.3. The van der Waals surface area contributed by atoms with Crippen molar-refractivity contribution >= 4 is 45.3 Å². The molecular weight excluding hydrogens is 469 g/mol. The van der Waals surface area contributed by atoms with Gasteiger partial charge in [-0.1, -0.05) is 65.7 Å². The number of carboxylic acid groups (broad SMARTS) is 1. The number of nitrogens with zero attached hydrogens (tertiary/aromatic N) is 1. The predicted molar refractivity (Wildman–Crippen MR) is 114 cm³/mol. The smallest absolute Gasteiger partial charge is 0.323 e. The molecule has 0 bridgehead atoms. The van der Waals surface area contributed by atoms with Crippen molar-refractivity contribution in [3.8, 4) is 0 Å². The standard InChI is InChI=1S/C19H19Cl2N3O6S/c20-14-8-4-7-13(16(14)21)9-24-17(18(25)23-31(24,28)29)22-15(19(26)27)11-30-10-12-5-2-1-3-6-12/h1-8,15,17,22H,9-11H2,(H,23,25)(H,26,27)/t15-,17+/m0/s1. The summed E-state index contributed by atoms with van der Waals surface area (Å²) in [7, 11) is -4.21. The van der Waals surface area contributed by atoms with E-state index in [1.807, 2.05) is 35.1 Å². The molecule has 31 heavy (non-hydrogen) atoms. The van der Waals surface area contributed by atoms with Gasteiger partial charge in [0.15, 0.2) is 6.17 Å². The summed E-state index contributed by atoms with van der Waals surface area (Å²) in [5.74, 6) is -2.21. The first-order valence-corrected chi connectivity index (χ1v) is 11.3. The summed E-state index contributed by atoms with van der Waals surface area (Å²) in [6.07, 6.45) is -1.47. The molecule has 2 aromatic carbocycles. The summed E-state index contributed by atoms with van der Waals surface area (Å²) < 4.78 is 33.0. The van der Waals surface area contributed by atoms with Crippen molar-refractivity contribution in [2.75, 3.05) is 6.61 Å². The van der Waals surface area contributed by atoms with Gasteiger partial charge in [0.2, 0.25) is 0 Å². The van der Waals surface area contributed by atoms with Gasteiger partial charge in [0, 0.05) is 6.54 Å². The molecule has 0 unspecified atom stereocenters. The lowest BCUT2D eigenvalue weighted by Crippen LogP contribution is -2.54. The second-order valence-corrected chi connectivity index (χ2v) is 9.10. The molecule has 9 nitrogen and oxygen atoms in total. The summed E-state index contributed by atoms with van der Waals surface area (Å²) in [6.45, 7) is -0.432. The van der Waals surface area contributed by atoms with Crippen molar-refractivity contribution in [1.29, 1.82) is 0 Å². The van der Waals surface area contributed by atoms with E-state index in [9.17, 15) is 23.1 Å². The number of amides is 1. The summed E-state index contributed by atoms with van der Waals surface area (Å²) in [5, 5.41) is 12.4. The second kappa shape index (κ2) is 9.94. The van der Waals surface area contributed by atoms with E-state index >= 15 is 0 Å². The number of benzene rings is 2. The molecule has 2 atom stereocenters. The summed E-state index contributed by atoms with van der Waals surface area (Å²) in [6, 6.07) is 12.4. The lowest BCUT2D eigenvalue weighted by Gasteiger charge is -2.24. The third-order valence-electron chi connectivity index (χ3n) is 4.49. The molecule has 12 heteroatoms. The lowest BCUT2D eigenvalue weighted by molar-refractivity contribution is -0.142. The second-order valence-electron chi connectivity index (χ2n) is 6.69. The van der Waals surface area contributed by atoms with Crippen LogP contribution >= 0.6 is 23.2 Å². The van der Waals surface area contributed by atoms with Gasteiger partial charge in [-0.2, -0.15) is 12.7 Å². The normalized spacial score (nSPS) is 19.2. The first kappa shape index (κ1) is 23.5. The summed E-state index contributed by atoms with van der Waals surface area (Å²) in [5.41, 5.74) is 1.19. The molecular formula is C19H19Cl2N3O6S. The minimum Gasteiger partial charge on any atom is -0.480 e. The van der Waals surface area contributed by atoms with Gasteiger partial charge in [-0.3, -0.25) is 14.9 Å². The Morgan fingerprint density at radius 2 is 1.90 bits per heavy atom. The van der Waals surface area contributed by atoms with Gasteiger partial charge < -0.3 is 9.84 Å². The number of carbonyl (C=O) groups excluding carboxylic acids is 1. The first-order chi connectivity index (χ1) is 14.7. The molecule has 0 saturated carbocycles. The highest BCUT2D eigenvalue weighted by Gasteiger charge is 2.45. The lowest BCUT2D eigenvalue weighted by atomic mass is 10.2. The van der Waals surface area contributed by atoms with E-state index in [1.165, 1.54) is 6.07 Å². The van der Waals surface area contributed by atoms with E-state index in [0.717, 1.165) is 9.87 Å². The Hall–Kier alpha value is -2.21. The van der Waals surface area contributed by atoms with Gasteiger partial charge in [0.05, 0.1) is 23.3 Å². The van der Waals surface area contributed by atoms with Gasteiger partial charge in [0.1, 0.15) is 6.04 Å². The number of hydrogen-bond acceptors (Lipinski definition) is 6. The zero-order valence-electron chi connectivity index (χ0n) is 16.0. The quantitative estimate of drug-likeness (QED) is 0.491. The van der Waals surface area contributed by atoms with Crippen LogP contribution in [0.5, 0.6) is 0 Å². The van der Waals surface area contributed by atoms with Crippen molar-refractivity contribution in [2.45, 2.75) is 25.4 Å². The zero-order chi connectivity index (χ0) is 22.6. The third-order valence-corrected chi connectivity index (χ3v) is 6.76. The molecule has 2 aromatic rings. The van der Waals surface area contributed by atoms with Crippen LogP contribution in [0.15, 0.2) is 48.5 Å². The fourth-order valence-electron chi connectivity index (χ4n) is 2.93. The van der Waals surface area contributed by atoms with Crippen LogP contribution in [0.3, 0.4) is 0 Å². The minimum absolute atomic E-state index is 0.137. The third kappa shape index (κ3) is 5.73.